The topological polar surface area (TPSA) is 108 Å². The van der Waals surface area contributed by atoms with Gasteiger partial charge in [0.05, 0.1) is 25.8 Å². The van der Waals surface area contributed by atoms with Crippen molar-refractivity contribution in [3.05, 3.63) is 0 Å². The number of morpholine rings is 1. The first-order valence-electron chi connectivity index (χ1n) is 7.05. The summed E-state index contributed by atoms with van der Waals surface area (Å²) in [6, 6.07) is -0.911. The minimum atomic E-state index is -1.07. The number of hydrogen-bond donors (Lipinski definition) is 3. The molecule has 9 heteroatoms. The van der Waals surface area contributed by atoms with E-state index < -0.39 is 12.0 Å². The number of aliphatic carboxylic acids is 1. The number of unbranched alkanes of at least 4 members (excludes halogenated alkanes) is 1. The molecule has 1 aliphatic rings. The predicted molar refractivity (Wildman–Crippen MR) is 74.4 cm³/mol. The molecule has 1 unspecified atom stereocenters. The maximum Gasteiger partial charge on any atom is 0.323 e. The summed E-state index contributed by atoms with van der Waals surface area (Å²) in [5.41, 5.74) is 0. The summed E-state index contributed by atoms with van der Waals surface area (Å²) in [7, 11) is 0. The van der Waals surface area contributed by atoms with E-state index in [1.807, 2.05) is 4.90 Å². The van der Waals surface area contributed by atoms with E-state index in [9.17, 15) is 14.4 Å². The maximum atomic E-state index is 11.7. The van der Waals surface area contributed by atoms with E-state index in [1.165, 1.54) is 6.41 Å². The fraction of sp³-hybridized carbons (Fsp3) is 0.769. The molecule has 0 aromatic rings. The van der Waals surface area contributed by atoms with Crippen molar-refractivity contribution in [3.63, 3.8) is 0 Å². The van der Waals surface area contributed by atoms with Crippen LogP contribution in [0.15, 0.2) is 0 Å². The van der Waals surface area contributed by atoms with Crippen molar-refractivity contribution in [2.75, 3.05) is 39.4 Å². The Morgan fingerprint density at radius 2 is 1.95 bits per heavy atom. The van der Waals surface area contributed by atoms with Crippen molar-refractivity contribution in [3.8, 4) is 0 Å². The Morgan fingerprint density at radius 1 is 1.27 bits per heavy atom. The molecule has 0 saturated carbocycles. The van der Waals surface area contributed by atoms with Crippen LogP contribution in [0.2, 0.25) is 0 Å². The summed E-state index contributed by atoms with van der Waals surface area (Å²) in [6.07, 6.45) is 2.98. The molecule has 3 N–H and O–H groups in total. The molecule has 22 heavy (non-hydrogen) atoms. The van der Waals surface area contributed by atoms with E-state index in [0.29, 0.717) is 45.6 Å². The first-order valence-corrected chi connectivity index (χ1v) is 7.05. The number of ether oxygens (including phenoxy) is 1. The molecule has 0 aromatic carbocycles. The van der Waals surface area contributed by atoms with Gasteiger partial charge in [-0.05, 0) is 19.3 Å². The average molecular weight is 557 g/mol. The third kappa shape index (κ3) is 7.81. The van der Waals surface area contributed by atoms with Gasteiger partial charge in [-0.2, -0.15) is 6.41 Å². The average Bonchev–Trinajstić information content (AvgIpc) is 2.46. The van der Waals surface area contributed by atoms with Crippen LogP contribution in [0.4, 0.5) is 0 Å². The first kappa shape index (κ1) is 19.3. The molecule has 1 aliphatic heterocycles. The Balaban J connectivity index is 0.00000441. The van der Waals surface area contributed by atoms with E-state index in [0.717, 1.165) is 13.1 Å². The predicted octanol–water partition coefficient (Wildman–Crippen LogP) is -1.28. The molecule has 1 atom stereocenters. The standard InChI is InChI=1S/C13H22N3O5.Fm/c17-10-15-11(13(19)20)3-1-2-4-14-12(18)9-16-5-7-21-8-6-16;/h11H,1-9H2,(H,14,18)(H,15,17)(H,19,20);/q-1;. The Morgan fingerprint density at radius 3 is 2.55 bits per heavy atom. The van der Waals surface area contributed by atoms with Gasteiger partial charge >= 0.3 is 5.97 Å². The summed E-state index contributed by atoms with van der Waals surface area (Å²) < 4.78 is 5.20. The van der Waals surface area contributed by atoms with Gasteiger partial charge in [0, 0.05) is 19.6 Å². The molecule has 0 bridgehead atoms. The zero-order valence-corrected chi connectivity index (χ0v) is 14.7. The van der Waals surface area contributed by atoms with Crippen LogP contribution >= 0.6 is 0 Å². The van der Waals surface area contributed by atoms with Gasteiger partial charge in [-0.25, -0.2) is 0 Å². The number of amides is 2. The van der Waals surface area contributed by atoms with Crippen LogP contribution in [0.5, 0.6) is 0 Å². The van der Waals surface area contributed by atoms with Crippen LogP contribution in [0, 0.1) is 0 Å². The van der Waals surface area contributed by atoms with Gasteiger partial charge in [-0.1, -0.05) is 0 Å². The number of carboxylic acid groups (broad SMARTS) is 1. The molecular weight excluding hydrogens is 535 g/mol. The molecule has 0 spiro atoms. The van der Waals surface area contributed by atoms with Gasteiger partial charge in [0.25, 0.3) is 0 Å². The number of carbonyl (C=O) groups excluding carboxylic acids is 2. The van der Waals surface area contributed by atoms with Gasteiger partial charge in [0.1, 0.15) is 0 Å². The van der Waals surface area contributed by atoms with Crippen molar-refractivity contribution in [2.45, 2.75) is 25.3 Å². The zero-order valence-electron chi connectivity index (χ0n) is 12.3. The van der Waals surface area contributed by atoms with Crippen molar-refractivity contribution in [1.82, 2.24) is 15.5 Å². The number of carboxylic acids is 1. The van der Waals surface area contributed by atoms with Crippen LogP contribution in [0.1, 0.15) is 19.3 Å². The molecule has 0 aromatic heterocycles. The second-order valence-electron chi connectivity index (χ2n) is 4.87. The Bertz CT molecular complexity index is 351. The van der Waals surface area contributed by atoms with E-state index in [2.05, 4.69) is 10.6 Å². The first-order chi connectivity index (χ1) is 10.1. The molecule has 1 saturated heterocycles. The van der Waals surface area contributed by atoms with E-state index in [4.69, 9.17) is 9.84 Å². The molecule has 2 amide bonds. The van der Waals surface area contributed by atoms with Crippen LogP contribution in [0.3, 0.4) is 0 Å². The Kier molecular flexibility index (Phi) is 9.70. The fourth-order valence-electron chi connectivity index (χ4n) is 2.05. The maximum absolute atomic E-state index is 11.7. The molecule has 0 radical (unpaired) electrons. The molecule has 132 valence electrons. The number of nitrogens with zero attached hydrogens (tertiary/aromatic N) is 1. The van der Waals surface area contributed by atoms with Gasteiger partial charge in [0.15, 0.2) is 0 Å². The summed E-state index contributed by atoms with van der Waals surface area (Å²) in [6.45, 7) is 3.71. The fourth-order valence-corrected chi connectivity index (χ4v) is 2.05. The number of hydrogen-bond acceptors (Lipinski definition) is 5. The molecule has 1 fully saturated rings. The van der Waals surface area contributed by atoms with Gasteiger partial charge in [-0.15, -0.1) is 0 Å². The molecule has 8 nitrogen and oxygen atoms in total. The van der Waals surface area contributed by atoms with Crippen molar-refractivity contribution in [1.29, 1.82) is 0 Å². The van der Waals surface area contributed by atoms with E-state index in [-0.39, 0.29) is 5.91 Å². The second kappa shape index (κ2) is 11.0. The number of rotatable bonds is 10. The summed E-state index contributed by atoms with van der Waals surface area (Å²) in [4.78, 5) is 34.6. The molecule has 0 aliphatic carbocycles. The molecular formula is C13H22FmN3O5-. The quantitative estimate of drug-likeness (QED) is 0.176. The SMILES string of the molecule is O=[C-]NC(CCCCNC(=O)CN1CCOCC1)C(=O)O.[Fm]. The van der Waals surface area contributed by atoms with Crippen LogP contribution < -0.4 is 10.6 Å². The zero-order chi connectivity index (χ0) is 15.5. The second-order valence-corrected chi connectivity index (χ2v) is 4.87. The van der Waals surface area contributed by atoms with Crippen LogP contribution in [-0.2, 0) is 19.1 Å². The Hall–Kier alpha value is -2.67. The van der Waals surface area contributed by atoms with Crippen molar-refractivity contribution < 1.29 is 24.2 Å². The van der Waals surface area contributed by atoms with Crippen LogP contribution in [0.25, 0.3) is 0 Å². The summed E-state index contributed by atoms with van der Waals surface area (Å²) in [5.74, 6) is -1.11. The molecule has 1 rings (SSSR count). The molecule has 1 heterocycles. The van der Waals surface area contributed by atoms with E-state index in [1.54, 1.807) is 0 Å². The smallest absolute Gasteiger partial charge is 0.323 e. The minimum absolute atomic E-state index is 0. The van der Waals surface area contributed by atoms with Crippen LogP contribution in [-0.4, -0.2) is 73.7 Å². The van der Waals surface area contributed by atoms with Crippen molar-refractivity contribution in [2.24, 2.45) is 0 Å². The number of carbonyl (C=O) groups is 2. The van der Waals surface area contributed by atoms with Gasteiger partial charge in [-0.3, -0.25) is 14.5 Å². The summed E-state index contributed by atoms with van der Waals surface area (Å²) in [5, 5.41) is 13.7. The van der Waals surface area contributed by atoms with Gasteiger partial charge < -0.3 is 25.3 Å². The number of nitrogens with one attached hydrogen (secondary N) is 2. The van der Waals surface area contributed by atoms with E-state index >= 15 is 0 Å². The third-order valence-corrected chi connectivity index (χ3v) is 3.24. The normalized spacial score (nSPS) is 16.2. The minimum Gasteiger partial charge on any atom is -0.520 e. The Labute approximate surface area is 123 Å². The van der Waals surface area contributed by atoms with Gasteiger partial charge in [0.2, 0.25) is 5.91 Å². The summed E-state index contributed by atoms with van der Waals surface area (Å²) >= 11 is 0. The van der Waals surface area contributed by atoms with Crippen molar-refractivity contribution >= 4 is 18.3 Å². The third-order valence-electron chi connectivity index (χ3n) is 3.24. The monoisotopic (exact) mass is 557 g/mol. The largest absolute Gasteiger partial charge is 0.520 e.